The maximum atomic E-state index is 11.5. The molecule has 0 radical (unpaired) electrons. The molecule has 0 aliphatic carbocycles. The molecule has 1 unspecified atom stereocenters. The van der Waals surface area contributed by atoms with Crippen LogP contribution in [-0.4, -0.2) is 18.1 Å². The van der Waals surface area contributed by atoms with Crippen LogP contribution in [0.4, 0.5) is 0 Å². The average Bonchev–Trinajstić information content (AvgIpc) is 2.66. The van der Waals surface area contributed by atoms with E-state index in [0.29, 0.717) is 13.0 Å². The number of rotatable bonds is 5. The first-order valence-corrected chi connectivity index (χ1v) is 6.75. The zero-order valence-electron chi connectivity index (χ0n) is 10.9. The van der Waals surface area contributed by atoms with E-state index in [-0.39, 0.29) is 12.0 Å². The summed E-state index contributed by atoms with van der Waals surface area (Å²) in [4.78, 5) is 12.8. The number of nitrogens with one attached hydrogen (secondary N) is 1. The Hall–Kier alpha value is -0.870. The van der Waals surface area contributed by atoms with Gasteiger partial charge in [0, 0.05) is 17.5 Å². The Morgan fingerprint density at radius 3 is 2.76 bits per heavy atom. The molecule has 1 heterocycles. The predicted molar refractivity (Wildman–Crippen MR) is 71.2 cm³/mol. The largest absolute Gasteiger partial charge is 0.460 e. The Kier molecular flexibility index (Phi) is 5.15. The van der Waals surface area contributed by atoms with Crippen molar-refractivity contribution in [3.63, 3.8) is 0 Å². The smallest absolute Gasteiger partial charge is 0.307 e. The van der Waals surface area contributed by atoms with E-state index in [1.807, 2.05) is 26.8 Å². The maximum Gasteiger partial charge on any atom is 0.307 e. The van der Waals surface area contributed by atoms with Gasteiger partial charge in [0.25, 0.3) is 0 Å². The standard InChI is InChI=1S/C13H21NO2S/c1-10(11-6-5-9-17-11)14-8-7-12(15)16-13(2,3)4/h5-6,9-10,14H,7-8H2,1-4H3. The Morgan fingerprint density at radius 2 is 2.24 bits per heavy atom. The molecule has 3 nitrogen and oxygen atoms in total. The summed E-state index contributed by atoms with van der Waals surface area (Å²) in [5.74, 6) is -0.150. The molecule has 0 aliphatic heterocycles. The molecule has 0 fully saturated rings. The second-order valence-corrected chi connectivity index (χ2v) is 6.01. The Labute approximate surface area is 107 Å². The van der Waals surface area contributed by atoms with Gasteiger partial charge in [-0.1, -0.05) is 6.07 Å². The lowest BCUT2D eigenvalue weighted by atomic mass is 10.2. The summed E-state index contributed by atoms with van der Waals surface area (Å²) in [6.45, 7) is 8.39. The van der Waals surface area contributed by atoms with Gasteiger partial charge in [0.1, 0.15) is 5.60 Å². The van der Waals surface area contributed by atoms with Gasteiger partial charge in [0.15, 0.2) is 0 Å². The quantitative estimate of drug-likeness (QED) is 0.821. The normalized spacial score (nSPS) is 13.4. The van der Waals surface area contributed by atoms with Crippen LogP contribution in [0.2, 0.25) is 0 Å². The summed E-state index contributed by atoms with van der Waals surface area (Å²) >= 11 is 1.72. The van der Waals surface area contributed by atoms with Crippen molar-refractivity contribution in [3.8, 4) is 0 Å². The van der Waals surface area contributed by atoms with Crippen molar-refractivity contribution >= 4 is 17.3 Å². The molecule has 0 bridgehead atoms. The monoisotopic (exact) mass is 255 g/mol. The second-order valence-electron chi connectivity index (χ2n) is 5.03. The van der Waals surface area contributed by atoms with Crippen LogP contribution in [0.1, 0.15) is 45.0 Å². The first-order valence-electron chi connectivity index (χ1n) is 5.87. The van der Waals surface area contributed by atoms with Gasteiger partial charge < -0.3 is 10.1 Å². The molecule has 1 atom stereocenters. The second kappa shape index (κ2) is 6.17. The third-order valence-electron chi connectivity index (χ3n) is 2.17. The first-order chi connectivity index (χ1) is 7.88. The lowest BCUT2D eigenvalue weighted by molar-refractivity contribution is -0.154. The van der Waals surface area contributed by atoms with Gasteiger partial charge in [0.2, 0.25) is 0 Å². The van der Waals surface area contributed by atoms with Crippen LogP contribution in [0.25, 0.3) is 0 Å². The summed E-state index contributed by atoms with van der Waals surface area (Å²) in [5, 5.41) is 5.37. The molecule has 0 saturated carbocycles. The van der Waals surface area contributed by atoms with Crippen molar-refractivity contribution in [2.75, 3.05) is 6.54 Å². The van der Waals surface area contributed by atoms with Crippen molar-refractivity contribution in [2.24, 2.45) is 0 Å². The number of esters is 1. The lowest BCUT2D eigenvalue weighted by Gasteiger charge is -2.20. The van der Waals surface area contributed by atoms with E-state index in [1.165, 1.54) is 4.88 Å². The number of hydrogen-bond donors (Lipinski definition) is 1. The molecular formula is C13H21NO2S. The molecule has 4 heteroatoms. The van der Waals surface area contributed by atoms with Gasteiger partial charge in [-0.3, -0.25) is 4.79 Å². The van der Waals surface area contributed by atoms with Crippen molar-refractivity contribution in [2.45, 2.75) is 45.8 Å². The Balaban J connectivity index is 2.22. The molecule has 0 spiro atoms. The van der Waals surface area contributed by atoms with Gasteiger partial charge in [-0.2, -0.15) is 0 Å². The summed E-state index contributed by atoms with van der Waals surface area (Å²) in [6.07, 6.45) is 0.410. The fourth-order valence-electron chi connectivity index (χ4n) is 1.42. The topological polar surface area (TPSA) is 38.3 Å². The van der Waals surface area contributed by atoms with Crippen LogP contribution in [0, 0.1) is 0 Å². The molecule has 0 saturated heterocycles. The molecule has 17 heavy (non-hydrogen) atoms. The van der Waals surface area contributed by atoms with E-state index in [2.05, 4.69) is 23.7 Å². The number of ether oxygens (including phenoxy) is 1. The van der Waals surface area contributed by atoms with E-state index in [9.17, 15) is 4.79 Å². The SMILES string of the molecule is CC(NCCC(=O)OC(C)(C)C)c1cccs1. The van der Waals surface area contributed by atoms with Crippen LogP contribution >= 0.6 is 11.3 Å². The minimum atomic E-state index is -0.392. The zero-order chi connectivity index (χ0) is 12.9. The number of hydrogen-bond acceptors (Lipinski definition) is 4. The first kappa shape index (κ1) is 14.2. The van der Waals surface area contributed by atoms with Gasteiger partial charge in [0.05, 0.1) is 6.42 Å². The highest BCUT2D eigenvalue weighted by Crippen LogP contribution is 2.17. The molecule has 1 N–H and O–H groups in total. The molecule has 96 valence electrons. The highest BCUT2D eigenvalue weighted by Gasteiger charge is 2.16. The summed E-state index contributed by atoms with van der Waals surface area (Å²) in [6, 6.07) is 4.42. The fraction of sp³-hybridized carbons (Fsp3) is 0.615. The molecule has 1 aromatic heterocycles. The van der Waals surface area contributed by atoms with Crippen molar-refractivity contribution in [1.29, 1.82) is 0 Å². The number of carbonyl (C=O) groups is 1. The van der Waals surface area contributed by atoms with Crippen LogP contribution < -0.4 is 5.32 Å². The van der Waals surface area contributed by atoms with Gasteiger partial charge >= 0.3 is 5.97 Å². The Morgan fingerprint density at radius 1 is 1.53 bits per heavy atom. The minimum Gasteiger partial charge on any atom is -0.460 e. The molecule has 0 aromatic carbocycles. The van der Waals surface area contributed by atoms with Crippen LogP contribution in [0.5, 0.6) is 0 Å². The third-order valence-corrected chi connectivity index (χ3v) is 3.22. The van der Waals surface area contributed by atoms with Crippen LogP contribution in [-0.2, 0) is 9.53 Å². The number of thiophene rings is 1. The van der Waals surface area contributed by atoms with E-state index in [0.717, 1.165) is 0 Å². The average molecular weight is 255 g/mol. The van der Waals surface area contributed by atoms with E-state index >= 15 is 0 Å². The fourth-order valence-corrected chi connectivity index (χ4v) is 2.18. The molecule has 0 aliphatic rings. The van der Waals surface area contributed by atoms with E-state index in [4.69, 9.17) is 4.74 Å². The minimum absolute atomic E-state index is 0.150. The number of carbonyl (C=O) groups excluding carboxylic acids is 1. The highest BCUT2D eigenvalue weighted by molar-refractivity contribution is 7.10. The molecule has 0 amide bonds. The predicted octanol–water partition coefficient (Wildman–Crippen LogP) is 3.13. The van der Waals surface area contributed by atoms with Crippen molar-refractivity contribution in [1.82, 2.24) is 5.32 Å². The van der Waals surface area contributed by atoms with Crippen molar-refractivity contribution < 1.29 is 9.53 Å². The summed E-state index contributed by atoms with van der Waals surface area (Å²) in [7, 11) is 0. The third kappa shape index (κ3) is 5.84. The van der Waals surface area contributed by atoms with E-state index < -0.39 is 5.60 Å². The van der Waals surface area contributed by atoms with Crippen LogP contribution in [0.3, 0.4) is 0 Å². The summed E-state index contributed by atoms with van der Waals surface area (Å²) in [5.41, 5.74) is -0.392. The van der Waals surface area contributed by atoms with Gasteiger partial charge in [-0.05, 0) is 39.1 Å². The summed E-state index contributed by atoms with van der Waals surface area (Å²) < 4.78 is 5.23. The zero-order valence-corrected chi connectivity index (χ0v) is 11.8. The molecule has 1 aromatic rings. The maximum absolute atomic E-state index is 11.5. The molecule has 1 rings (SSSR count). The van der Waals surface area contributed by atoms with Crippen LogP contribution in [0.15, 0.2) is 17.5 Å². The van der Waals surface area contributed by atoms with Gasteiger partial charge in [-0.25, -0.2) is 0 Å². The molecular weight excluding hydrogens is 234 g/mol. The Bertz CT molecular complexity index is 341. The van der Waals surface area contributed by atoms with Crippen molar-refractivity contribution in [3.05, 3.63) is 22.4 Å². The highest BCUT2D eigenvalue weighted by atomic mass is 32.1. The van der Waals surface area contributed by atoms with Gasteiger partial charge in [-0.15, -0.1) is 11.3 Å². The lowest BCUT2D eigenvalue weighted by Crippen LogP contribution is -2.27. The van der Waals surface area contributed by atoms with E-state index in [1.54, 1.807) is 11.3 Å².